The van der Waals surface area contributed by atoms with Crippen LogP contribution in [-0.4, -0.2) is 37.0 Å². The molecule has 1 aromatic carbocycles. The largest absolute Gasteiger partial charge is 0.393 e. The van der Waals surface area contributed by atoms with Gasteiger partial charge in [-0.2, -0.15) is 4.31 Å². The topological polar surface area (TPSA) is 57.6 Å². The van der Waals surface area contributed by atoms with E-state index in [0.29, 0.717) is 18.0 Å². The number of aliphatic hydroxyl groups excluding tert-OH is 1. The van der Waals surface area contributed by atoms with Crippen LogP contribution in [0, 0.1) is 5.92 Å². The van der Waals surface area contributed by atoms with E-state index in [1.807, 2.05) is 0 Å². The number of aliphatic hydroxyl groups is 1. The Kier molecular flexibility index (Phi) is 4.04. The van der Waals surface area contributed by atoms with Crippen molar-refractivity contribution in [1.82, 2.24) is 4.31 Å². The minimum absolute atomic E-state index is 0.215. The summed E-state index contributed by atoms with van der Waals surface area (Å²) in [5.74, 6) is 0.215. The number of piperidine rings is 1. The highest BCUT2D eigenvalue weighted by Gasteiger charge is 2.30. The molecule has 5 heteroatoms. The quantitative estimate of drug-likeness (QED) is 0.904. The molecule has 1 heterocycles. The molecule has 100 valence electrons. The molecule has 1 aliphatic rings. The van der Waals surface area contributed by atoms with Crippen LogP contribution in [0.15, 0.2) is 35.2 Å². The van der Waals surface area contributed by atoms with E-state index in [2.05, 4.69) is 0 Å². The number of hydrogen-bond acceptors (Lipinski definition) is 3. The summed E-state index contributed by atoms with van der Waals surface area (Å²) in [6.45, 7) is 2.76. The Hall–Kier alpha value is -0.910. The monoisotopic (exact) mass is 269 g/mol. The minimum atomic E-state index is -3.36. The summed E-state index contributed by atoms with van der Waals surface area (Å²) >= 11 is 0. The van der Waals surface area contributed by atoms with Gasteiger partial charge in [0.1, 0.15) is 0 Å². The Morgan fingerprint density at radius 3 is 2.28 bits per heavy atom. The van der Waals surface area contributed by atoms with Crippen LogP contribution < -0.4 is 0 Å². The summed E-state index contributed by atoms with van der Waals surface area (Å²) in [6, 6.07) is 8.51. The predicted octanol–water partition coefficient (Wildman–Crippen LogP) is 1.47. The highest BCUT2D eigenvalue weighted by Crippen LogP contribution is 2.25. The molecule has 0 saturated carbocycles. The van der Waals surface area contributed by atoms with E-state index in [1.54, 1.807) is 37.3 Å². The zero-order valence-electron chi connectivity index (χ0n) is 10.5. The van der Waals surface area contributed by atoms with Crippen molar-refractivity contribution in [2.45, 2.75) is 30.8 Å². The molecule has 4 nitrogen and oxygen atoms in total. The van der Waals surface area contributed by atoms with Crippen LogP contribution in [0.5, 0.6) is 0 Å². The average Bonchev–Trinajstić information content (AvgIpc) is 2.40. The zero-order valence-corrected chi connectivity index (χ0v) is 11.3. The summed E-state index contributed by atoms with van der Waals surface area (Å²) in [5, 5.41) is 9.52. The fourth-order valence-corrected chi connectivity index (χ4v) is 3.83. The SMILES string of the molecule is CC(O)C1CCN(S(=O)(=O)c2ccccc2)CC1. The third-order valence-corrected chi connectivity index (χ3v) is 5.47. The first-order chi connectivity index (χ1) is 8.51. The van der Waals surface area contributed by atoms with Crippen LogP contribution >= 0.6 is 0 Å². The van der Waals surface area contributed by atoms with Crippen molar-refractivity contribution in [2.75, 3.05) is 13.1 Å². The van der Waals surface area contributed by atoms with Crippen molar-refractivity contribution in [3.8, 4) is 0 Å². The molecule has 0 radical (unpaired) electrons. The molecule has 1 fully saturated rings. The first-order valence-corrected chi connectivity index (χ1v) is 7.69. The van der Waals surface area contributed by atoms with Crippen molar-refractivity contribution in [1.29, 1.82) is 0 Å². The molecule has 0 aliphatic carbocycles. The molecule has 1 N–H and O–H groups in total. The van der Waals surface area contributed by atoms with Gasteiger partial charge in [-0.25, -0.2) is 8.42 Å². The lowest BCUT2D eigenvalue weighted by Crippen LogP contribution is -2.40. The van der Waals surface area contributed by atoms with E-state index in [-0.39, 0.29) is 12.0 Å². The lowest BCUT2D eigenvalue weighted by atomic mass is 9.93. The summed E-state index contributed by atoms with van der Waals surface area (Å²) in [7, 11) is -3.36. The highest BCUT2D eigenvalue weighted by molar-refractivity contribution is 7.89. The zero-order chi connectivity index (χ0) is 13.2. The second-order valence-corrected chi connectivity index (χ2v) is 6.73. The first kappa shape index (κ1) is 13.5. The van der Waals surface area contributed by atoms with Gasteiger partial charge in [0, 0.05) is 13.1 Å². The number of nitrogens with zero attached hydrogens (tertiary/aromatic N) is 1. The molecular weight excluding hydrogens is 250 g/mol. The molecule has 1 aromatic rings. The molecule has 0 spiro atoms. The molecule has 2 rings (SSSR count). The Morgan fingerprint density at radius 1 is 1.22 bits per heavy atom. The van der Waals surface area contributed by atoms with Crippen LogP contribution in [0.4, 0.5) is 0 Å². The van der Waals surface area contributed by atoms with Gasteiger partial charge >= 0.3 is 0 Å². The standard InChI is InChI=1S/C13H19NO3S/c1-11(15)12-7-9-14(10-8-12)18(16,17)13-5-3-2-4-6-13/h2-6,11-12,15H,7-10H2,1H3. The molecule has 1 saturated heterocycles. The summed E-state index contributed by atoms with van der Waals surface area (Å²) in [6.07, 6.45) is 1.10. The fourth-order valence-electron chi connectivity index (χ4n) is 2.34. The fraction of sp³-hybridized carbons (Fsp3) is 0.538. The third-order valence-electron chi connectivity index (χ3n) is 3.56. The van der Waals surface area contributed by atoms with Crippen LogP contribution in [-0.2, 0) is 10.0 Å². The Bertz CT molecular complexity index is 476. The van der Waals surface area contributed by atoms with E-state index in [1.165, 1.54) is 4.31 Å². The lowest BCUT2D eigenvalue weighted by Gasteiger charge is -2.32. The molecule has 0 amide bonds. The first-order valence-electron chi connectivity index (χ1n) is 6.25. The van der Waals surface area contributed by atoms with Crippen molar-refractivity contribution < 1.29 is 13.5 Å². The number of benzene rings is 1. The van der Waals surface area contributed by atoms with Crippen LogP contribution in [0.2, 0.25) is 0 Å². The molecular formula is C13H19NO3S. The van der Waals surface area contributed by atoms with Crippen LogP contribution in [0.3, 0.4) is 0 Å². The van der Waals surface area contributed by atoms with Gasteiger partial charge in [0.15, 0.2) is 0 Å². The smallest absolute Gasteiger partial charge is 0.243 e. The normalized spacial score (nSPS) is 20.8. The minimum Gasteiger partial charge on any atom is -0.393 e. The van der Waals surface area contributed by atoms with E-state index < -0.39 is 10.0 Å². The lowest BCUT2D eigenvalue weighted by molar-refractivity contribution is 0.0912. The molecule has 0 bridgehead atoms. The van der Waals surface area contributed by atoms with Crippen molar-refractivity contribution in [3.63, 3.8) is 0 Å². The van der Waals surface area contributed by atoms with E-state index in [0.717, 1.165) is 12.8 Å². The summed E-state index contributed by atoms with van der Waals surface area (Å²) < 4.78 is 26.2. The number of sulfonamides is 1. The van der Waals surface area contributed by atoms with Gasteiger partial charge in [-0.15, -0.1) is 0 Å². The van der Waals surface area contributed by atoms with E-state index in [4.69, 9.17) is 0 Å². The van der Waals surface area contributed by atoms with Gasteiger partial charge in [-0.3, -0.25) is 0 Å². The summed E-state index contributed by atoms with van der Waals surface area (Å²) in [5.41, 5.74) is 0. The van der Waals surface area contributed by atoms with Crippen molar-refractivity contribution in [3.05, 3.63) is 30.3 Å². The second-order valence-electron chi connectivity index (χ2n) is 4.80. The second kappa shape index (κ2) is 5.38. The van der Waals surface area contributed by atoms with Gasteiger partial charge in [0.05, 0.1) is 11.0 Å². The van der Waals surface area contributed by atoms with Crippen molar-refractivity contribution >= 4 is 10.0 Å². The maximum Gasteiger partial charge on any atom is 0.243 e. The van der Waals surface area contributed by atoms with E-state index >= 15 is 0 Å². The third kappa shape index (κ3) is 2.74. The molecule has 1 atom stereocenters. The highest BCUT2D eigenvalue weighted by atomic mass is 32.2. The summed E-state index contributed by atoms with van der Waals surface area (Å²) in [4.78, 5) is 0.348. The Morgan fingerprint density at radius 2 is 1.78 bits per heavy atom. The maximum absolute atomic E-state index is 12.3. The van der Waals surface area contributed by atoms with Crippen molar-refractivity contribution in [2.24, 2.45) is 5.92 Å². The number of rotatable bonds is 3. The van der Waals surface area contributed by atoms with Gasteiger partial charge in [-0.05, 0) is 37.8 Å². The molecule has 0 aromatic heterocycles. The Labute approximate surface area is 108 Å². The molecule has 18 heavy (non-hydrogen) atoms. The predicted molar refractivity (Wildman–Crippen MR) is 69.6 cm³/mol. The molecule has 1 unspecified atom stereocenters. The Balaban J connectivity index is 2.10. The van der Waals surface area contributed by atoms with Gasteiger partial charge < -0.3 is 5.11 Å². The molecule has 1 aliphatic heterocycles. The number of hydrogen-bond donors (Lipinski definition) is 1. The maximum atomic E-state index is 12.3. The average molecular weight is 269 g/mol. The van der Waals surface area contributed by atoms with Gasteiger partial charge in [0.2, 0.25) is 10.0 Å². The van der Waals surface area contributed by atoms with Crippen LogP contribution in [0.1, 0.15) is 19.8 Å². The van der Waals surface area contributed by atoms with Gasteiger partial charge in [0.25, 0.3) is 0 Å². The van der Waals surface area contributed by atoms with Gasteiger partial charge in [-0.1, -0.05) is 18.2 Å². The van der Waals surface area contributed by atoms with Crippen LogP contribution in [0.25, 0.3) is 0 Å². The van der Waals surface area contributed by atoms with E-state index in [9.17, 15) is 13.5 Å².